The molecule has 3 aromatic carbocycles. The summed E-state index contributed by atoms with van der Waals surface area (Å²) in [6.45, 7) is 4.99. The van der Waals surface area contributed by atoms with Crippen LogP contribution in [0.5, 0.6) is 5.75 Å². The van der Waals surface area contributed by atoms with Gasteiger partial charge >= 0.3 is 0 Å². The van der Waals surface area contributed by atoms with Gasteiger partial charge in [0.15, 0.2) is 0 Å². The van der Waals surface area contributed by atoms with E-state index in [0.717, 1.165) is 29.1 Å². The first-order valence-electron chi connectivity index (χ1n) is 12.4. The Balaban J connectivity index is 1.84. The second-order valence-electron chi connectivity index (χ2n) is 8.85. The van der Waals surface area contributed by atoms with Crippen molar-refractivity contribution in [2.24, 2.45) is 0 Å². The highest BCUT2D eigenvalue weighted by atomic mass is 32.2. The number of thioether (sulfide) groups is 1. The summed E-state index contributed by atoms with van der Waals surface area (Å²) in [7, 11) is 1.63. The molecule has 190 valence electrons. The molecule has 0 aliphatic carbocycles. The van der Waals surface area contributed by atoms with E-state index in [1.54, 1.807) is 23.8 Å². The quantitative estimate of drug-likeness (QED) is 0.338. The Labute approximate surface area is 219 Å². The zero-order chi connectivity index (χ0) is 25.8. The van der Waals surface area contributed by atoms with Crippen molar-refractivity contribution in [1.82, 2.24) is 10.2 Å². The summed E-state index contributed by atoms with van der Waals surface area (Å²) in [6, 6.07) is 25.3. The van der Waals surface area contributed by atoms with E-state index in [9.17, 15) is 9.59 Å². The Morgan fingerprint density at radius 1 is 0.944 bits per heavy atom. The lowest BCUT2D eigenvalue weighted by atomic mass is 10.0. The molecule has 0 spiro atoms. The molecular weight excluding hydrogens is 468 g/mol. The minimum Gasteiger partial charge on any atom is -0.497 e. The number of carbonyl (C=O) groups is 2. The highest BCUT2D eigenvalue weighted by Crippen LogP contribution is 2.20. The van der Waals surface area contributed by atoms with Crippen LogP contribution in [0.15, 0.2) is 78.9 Å². The average molecular weight is 505 g/mol. The Morgan fingerprint density at radius 2 is 1.67 bits per heavy atom. The molecular formula is C30H36N2O3S. The fourth-order valence-corrected chi connectivity index (χ4v) is 4.78. The molecule has 2 amide bonds. The van der Waals surface area contributed by atoms with Crippen LogP contribution in [0.3, 0.4) is 0 Å². The molecule has 6 heteroatoms. The van der Waals surface area contributed by atoms with E-state index in [1.165, 1.54) is 11.1 Å². The van der Waals surface area contributed by atoms with Crippen LogP contribution >= 0.6 is 11.8 Å². The lowest BCUT2D eigenvalue weighted by Gasteiger charge is -2.31. The minimum atomic E-state index is -0.613. The monoisotopic (exact) mass is 504 g/mol. The zero-order valence-corrected chi connectivity index (χ0v) is 22.2. The standard InChI is InChI=1S/C30H36N2O3S/c1-4-17-31-30(34)28(19-24-9-6-5-7-10-24)32(20-26-11-8-12-27(18-26)35-3)29(33)22-36-21-25-15-13-23(2)14-16-25/h5-16,18,28H,4,17,19-22H2,1-3H3,(H,31,34). The molecule has 0 heterocycles. The molecule has 0 radical (unpaired) electrons. The van der Waals surface area contributed by atoms with Crippen molar-refractivity contribution in [3.8, 4) is 5.75 Å². The van der Waals surface area contributed by atoms with E-state index in [1.807, 2.05) is 61.5 Å². The maximum absolute atomic E-state index is 13.7. The third-order valence-corrected chi connectivity index (χ3v) is 6.91. The van der Waals surface area contributed by atoms with E-state index >= 15 is 0 Å². The molecule has 3 rings (SSSR count). The maximum Gasteiger partial charge on any atom is 0.243 e. The molecule has 3 aromatic rings. The number of methoxy groups -OCH3 is 1. The first-order valence-corrected chi connectivity index (χ1v) is 13.5. The van der Waals surface area contributed by atoms with E-state index in [2.05, 4.69) is 36.5 Å². The second-order valence-corrected chi connectivity index (χ2v) is 9.83. The molecule has 0 aliphatic heterocycles. The van der Waals surface area contributed by atoms with Crippen LogP contribution in [0.4, 0.5) is 0 Å². The van der Waals surface area contributed by atoms with E-state index in [4.69, 9.17) is 4.74 Å². The van der Waals surface area contributed by atoms with Gasteiger partial charge in [0.05, 0.1) is 12.9 Å². The highest BCUT2D eigenvalue weighted by molar-refractivity contribution is 7.99. The van der Waals surface area contributed by atoms with Crippen LogP contribution < -0.4 is 10.1 Å². The van der Waals surface area contributed by atoms with Gasteiger partial charge in [0, 0.05) is 25.3 Å². The van der Waals surface area contributed by atoms with Crippen molar-refractivity contribution >= 4 is 23.6 Å². The minimum absolute atomic E-state index is 0.0532. The fourth-order valence-electron chi connectivity index (χ4n) is 3.91. The average Bonchev–Trinajstić information content (AvgIpc) is 2.91. The highest BCUT2D eigenvalue weighted by Gasteiger charge is 2.30. The Morgan fingerprint density at radius 3 is 2.36 bits per heavy atom. The maximum atomic E-state index is 13.7. The molecule has 1 N–H and O–H groups in total. The predicted molar refractivity (Wildman–Crippen MR) is 148 cm³/mol. The predicted octanol–water partition coefficient (Wildman–Crippen LogP) is 5.40. The molecule has 0 aromatic heterocycles. The smallest absolute Gasteiger partial charge is 0.243 e. The van der Waals surface area contributed by atoms with Crippen molar-refractivity contribution in [2.45, 2.75) is 45.0 Å². The topological polar surface area (TPSA) is 58.6 Å². The number of ether oxygens (including phenoxy) is 1. The van der Waals surface area contributed by atoms with Crippen molar-refractivity contribution in [2.75, 3.05) is 19.4 Å². The number of amides is 2. The van der Waals surface area contributed by atoms with Gasteiger partial charge in [-0.25, -0.2) is 0 Å². The summed E-state index contributed by atoms with van der Waals surface area (Å²) in [6.07, 6.45) is 1.29. The van der Waals surface area contributed by atoms with Gasteiger partial charge in [-0.15, -0.1) is 11.8 Å². The lowest BCUT2D eigenvalue weighted by Crippen LogP contribution is -2.51. The molecule has 5 nitrogen and oxygen atoms in total. The molecule has 0 aliphatic rings. The van der Waals surface area contributed by atoms with E-state index in [0.29, 0.717) is 25.3 Å². The summed E-state index contributed by atoms with van der Waals surface area (Å²) in [5, 5.41) is 3.02. The fraction of sp³-hybridized carbons (Fsp3) is 0.333. The van der Waals surface area contributed by atoms with Gasteiger partial charge < -0.3 is 15.0 Å². The Bertz CT molecular complexity index is 1100. The van der Waals surface area contributed by atoms with Gasteiger partial charge in [-0.1, -0.05) is 79.2 Å². The van der Waals surface area contributed by atoms with Crippen LogP contribution in [-0.2, 0) is 28.3 Å². The summed E-state index contributed by atoms with van der Waals surface area (Å²) < 4.78 is 5.39. The Kier molecular flexibility index (Phi) is 10.9. The number of hydrogen-bond donors (Lipinski definition) is 1. The molecule has 1 unspecified atom stereocenters. The van der Waals surface area contributed by atoms with Crippen LogP contribution in [-0.4, -0.2) is 42.2 Å². The molecule has 0 fully saturated rings. The Hall–Kier alpha value is -3.25. The first kappa shape index (κ1) is 27.3. The van der Waals surface area contributed by atoms with E-state index in [-0.39, 0.29) is 11.8 Å². The number of hydrogen-bond acceptors (Lipinski definition) is 4. The lowest BCUT2D eigenvalue weighted by molar-refractivity contribution is -0.139. The third kappa shape index (κ3) is 8.45. The normalized spacial score (nSPS) is 11.5. The largest absolute Gasteiger partial charge is 0.497 e. The van der Waals surface area contributed by atoms with Crippen LogP contribution in [0.1, 0.15) is 35.6 Å². The molecule has 36 heavy (non-hydrogen) atoms. The van der Waals surface area contributed by atoms with Gasteiger partial charge in [-0.3, -0.25) is 9.59 Å². The molecule has 0 bridgehead atoms. The first-order chi connectivity index (χ1) is 17.5. The summed E-state index contributed by atoms with van der Waals surface area (Å²) >= 11 is 1.57. The van der Waals surface area contributed by atoms with Gasteiger partial charge in [-0.05, 0) is 42.2 Å². The number of nitrogens with zero attached hydrogens (tertiary/aromatic N) is 1. The molecule has 0 saturated heterocycles. The van der Waals surface area contributed by atoms with Crippen LogP contribution in [0, 0.1) is 6.92 Å². The number of rotatable bonds is 13. The molecule has 1 atom stereocenters. The van der Waals surface area contributed by atoms with Crippen molar-refractivity contribution in [3.05, 3.63) is 101 Å². The second kappa shape index (κ2) is 14.3. The summed E-state index contributed by atoms with van der Waals surface area (Å²) in [5.74, 6) is 1.58. The number of aryl methyl sites for hydroxylation is 1. The van der Waals surface area contributed by atoms with Crippen LogP contribution in [0.25, 0.3) is 0 Å². The van der Waals surface area contributed by atoms with E-state index < -0.39 is 6.04 Å². The van der Waals surface area contributed by atoms with Crippen molar-refractivity contribution in [3.63, 3.8) is 0 Å². The SMILES string of the molecule is CCCNC(=O)C(Cc1ccccc1)N(Cc1cccc(OC)c1)C(=O)CSCc1ccc(C)cc1. The van der Waals surface area contributed by atoms with Gasteiger partial charge in [0.2, 0.25) is 11.8 Å². The van der Waals surface area contributed by atoms with Gasteiger partial charge in [0.1, 0.15) is 11.8 Å². The third-order valence-electron chi connectivity index (χ3n) is 5.92. The number of nitrogens with one attached hydrogen (secondary N) is 1. The van der Waals surface area contributed by atoms with Crippen LogP contribution in [0.2, 0.25) is 0 Å². The van der Waals surface area contributed by atoms with Gasteiger partial charge in [0.25, 0.3) is 0 Å². The van der Waals surface area contributed by atoms with Crippen molar-refractivity contribution in [1.29, 1.82) is 0 Å². The number of benzene rings is 3. The van der Waals surface area contributed by atoms with Gasteiger partial charge in [-0.2, -0.15) is 0 Å². The molecule has 0 saturated carbocycles. The van der Waals surface area contributed by atoms with Crippen molar-refractivity contribution < 1.29 is 14.3 Å². The summed E-state index contributed by atoms with van der Waals surface area (Å²) in [5.41, 5.74) is 4.34. The summed E-state index contributed by atoms with van der Waals surface area (Å²) in [4.78, 5) is 28.7. The number of carbonyl (C=O) groups excluding carboxylic acids is 2. The zero-order valence-electron chi connectivity index (χ0n) is 21.4.